The molecule has 9 heteroatoms. The molecule has 0 amide bonds. The van der Waals surface area contributed by atoms with E-state index in [0.717, 1.165) is 33.6 Å². The Morgan fingerprint density at radius 1 is 1.09 bits per heavy atom. The van der Waals surface area contributed by atoms with E-state index in [-0.39, 0.29) is 12.3 Å². The van der Waals surface area contributed by atoms with Gasteiger partial charge in [0.15, 0.2) is 0 Å². The van der Waals surface area contributed by atoms with Crippen molar-refractivity contribution in [3.8, 4) is 28.9 Å². The lowest BCUT2D eigenvalue weighted by Crippen LogP contribution is -2.23. The van der Waals surface area contributed by atoms with Gasteiger partial charge in [-0.3, -0.25) is 4.98 Å². The standard InChI is InChI=1S/C23H21N7O2/c1-14-6-5-7-21(30-23(31)29(4)27-28-30)19(14)13-32-22-15(2)10-18(16(3)26-22)20-9-8-17(11-24)12-25-20/h5-10,12H,13H2,1-4H3. The van der Waals surface area contributed by atoms with Crippen molar-refractivity contribution in [2.45, 2.75) is 27.4 Å². The van der Waals surface area contributed by atoms with E-state index in [1.54, 1.807) is 25.4 Å². The van der Waals surface area contributed by atoms with E-state index in [0.29, 0.717) is 17.1 Å². The number of hydrogen-bond donors (Lipinski definition) is 0. The molecular weight excluding hydrogens is 406 g/mol. The molecule has 0 N–H and O–H groups in total. The summed E-state index contributed by atoms with van der Waals surface area (Å²) in [6, 6.07) is 13.2. The van der Waals surface area contributed by atoms with Crippen LogP contribution in [0.1, 0.15) is 27.9 Å². The molecule has 160 valence electrons. The van der Waals surface area contributed by atoms with Crippen LogP contribution in [0.5, 0.6) is 5.88 Å². The zero-order valence-electron chi connectivity index (χ0n) is 18.2. The van der Waals surface area contributed by atoms with E-state index >= 15 is 0 Å². The lowest BCUT2D eigenvalue weighted by Gasteiger charge is -2.15. The number of ether oxygens (including phenoxy) is 1. The zero-order chi connectivity index (χ0) is 22.8. The molecule has 0 fully saturated rings. The molecule has 4 rings (SSSR count). The minimum atomic E-state index is -0.332. The maximum Gasteiger partial charge on any atom is 0.368 e. The number of nitrogens with zero attached hydrogens (tertiary/aromatic N) is 7. The van der Waals surface area contributed by atoms with Crippen LogP contribution in [-0.2, 0) is 13.7 Å². The number of pyridine rings is 2. The van der Waals surface area contributed by atoms with Crippen LogP contribution in [0.25, 0.3) is 16.9 Å². The average molecular weight is 427 g/mol. The summed E-state index contributed by atoms with van der Waals surface area (Å²) in [5, 5.41) is 16.7. The number of benzene rings is 1. The number of rotatable bonds is 5. The molecule has 0 aliphatic heterocycles. The predicted octanol–water partition coefficient (Wildman–Crippen LogP) is 2.80. The number of aryl methyl sites for hydroxylation is 4. The second-order valence-corrected chi connectivity index (χ2v) is 7.45. The molecule has 3 aromatic heterocycles. The number of aromatic nitrogens is 6. The maximum absolute atomic E-state index is 12.3. The van der Waals surface area contributed by atoms with Gasteiger partial charge in [-0.25, -0.2) is 9.78 Å². The molecule has 0 unspecified atom stereocenters. The predicted molar refractivity (Wildman–Crippen MR) is 117 cm³/mol. The van der Waals surface area contributed by atoms with Crippen molar-refractivity contribution < 1.29 is 4.74 Å². The summed E-state index contributed by atoms with van der Waals surface area (Å²) in [4.78, 5) is 21.3. The summed E-state index contributed by atoms with van der Waals surface area (Å²) in [5.41, 5.74) is 5.82. The van der Waals surface area contributed by atoms with Crippen LogP contribution in [0, 0.1) is 32.1 Å². The normalized spacial score (nSPS) is 10.7. The van der Waals surface area contributed by atoms with E-state index in [1.165, 1.54) is 9.36 Å². The Hall–Kier alpha value is -4.32. The van der Waals surface area contributed by atoms with Crippen molar-refractivity contribution in [1.82, 2.24) is 29.8 Å². The Bertz CT molecular complexity index is 1400. The molecule has 0 aliphatic carbocycles. The van der Waals surface area contributed by atoms with Crippen molar-refractivity contribution in [1.29, 1.82) is 5.26 Å². The first-order valence-electron chi connectivity index (χ1n) is 9.94. The molecule has 32 heavy (non-hydrogen) atoms. The van der Waals surface area contributed by atoms with Crippen LogP contribution < -0.4 is 10.4 Å². The van der Waals surface area contributed by atoms with Gasteiger partial charge in [-0.1, -0.05) is 12.1 Å². The van der Waals surface area contributed by atoms with Crippen LogP contribution in [0.3, 0.4) is 0 Å². The topological polar surface area (TPSA) is 112 Å². The van der Waals surface area contributed by atoms with Gasteiger partial charge in [0.2, 0.25) is 5.88 Å². The quantitative estimate of drug-likeness (QED) is 0.481. The first-order chi connectivity index (χ1) is 15.4. The molecule has 0 saturated heterocycles. The summed E-state index contributed by atoms with van der Waals surface area (Å²) in [5.74, 6) is 0.501. The van der Waals surface area contributed by atoms with E-state index in [9.17, 15) is 4.79 Å². The van der Waals surface area contributed by atoms with Crippen molar-refractivity contribution >= 4 is 0 Å². The van der Waals surface area contributed by atoms with Gasteiger partial charge in [0, 0.05) is 29.9 Å². The summed E-state index contributed by atoms with van der Waals surface area (Å²) in [6.07, 6.45) is 1.54. The molecule has 0 saturated carbocycles. The molecule has 3 heterocycles. The fourth-order valence-corrected chi connectivity index (χ4v) is 3.39. The second kappa shape index (κ2) is 8.43. The van der Waals surface area contributed by atoms with Gasteiger partial charge in [-0.2, -0.15) is 14.6 Å². The summed E-state index contributed by atoms with van der Waals surface area (Å²) >= 11 is 0. The summed E-state index contributed by atoms with van der Waals surface area (Å²) in [7, 11) is 1.55. The number of nitriles is 1. The smallest absolute Gasteiger partial charge is 0.368 e. The Labute approximate surface area is 184 Å². The fraction of sp³-hybridized carbons (Fsp3) is 0.217. The minimum absolute atomic E-state index is 0.215. The average Bonchev–Trinajstić information content (AvgIpc) is 3.13. The molecule has 0 atom stereocenters. The van der Waals surface area contributed by atoms with E-state index < -0.39 is 0 Å². The van der Waals surface area contributed by atoms with Crippen LogP contribution in [0.2, 0.25) is 0 Å². The highest BCUT2D eigenvalue weighted by molar-refractivity contribution is 5.64. The van der Waals surface area contributed by atoms with Crippen LogP contribution in [0.15, 0.2) is 47.4 Å². The molecule has 1 aromatic carbocycles. The van der Waals surface area contributed by atoms with Crippen molar-refractivity contribution in [3.63, 3.8) is 0 Å². The Morgan fingerprint density at radius 2 is 1.91 bits per heavy atom. The number of tetrazole rings is 1. The lowest BCUT2D eigenvalue weighted by atomic mass is 10.1. The maximum atomic E-state index is 12.3. The monoisotopic (exact) mass is 427 g/mol. The van der Waals surface area contributed by atoms with Crippen molar-refractivity contribution in [3.05, 3.63) is 81.0 Å². The van der Waals surface area contributed by atoms with Gasteiger partial charge in [0.05, 0.1) is 22.6 Å². The third-order valence-corrected chi connectivity index (χ3v) is 5.21. The fourth-order valence-electron chi connectivity index (χ4n) is 3.39. The van der Waals surface area contributed by atoms with Gasteiger partial charge in [0.1, 0.15) is 12.7 Å². The van der Waals surface area contributed by atoms with Crippen molar-refractivity contribution in [2.75, 3.05) is 0 Å². The van der Waals surface area contributed by atoms with Gasteiger partial charge >= 0.3 is 5.69 Å². The third-order valence-electron chi connectivity index (χ3n) is 5.21. The van der Waals surface area contributed by atoms with E-state index in [2.05, 4.69) is 26.5 Å². The van der Waals surface area contributed by atoms with Crippen LogP contribution in [0.4, 0.5) is 0 Å². The highest BCUT2D eigenvalue weighted by atomic mass is 16.5. The SMILES string of the molecule is Cc1cc(-c2ccc(C#N)cn2)c(C)nc1OCc1c(C)cccc1-n1nnn(C)c1=O. The zero-order valence-corrected chi connectivity index (χ0v) is 18.2. The Morgan fingerprint density at radius 3 is 2.56 bits per heavy atom. The first kappa shape index (κ1) is 20.9. The van der Waals surface area contributed by atoms with Gasteiger partial charge < -0.3 is 4.74 Å². The molecule has 4 aromatic rings. The van der Waals surface area contributed by atoms with E-state index in [1.807, 2.05) is 45.0 Å². The second-order valence-electron chi connectivity index (χ2n) is 7.45. The summed E-state index contributed by atoms with van der Waals surface area (Å²) in [6.45, 7) is 5.97. The molecule has 9 nitrogen and oxygen atoms in total. The molecular formula is C23H21N7O2. The number of hydrogen-bond acceptors (Lipinski definition) is 7. The third kappa shape index (κ3) is 3.86. The molecule has 0 spiro atoms. The Balaban J connectivity index is 1.64. The highest BCUT2D eigenvalue weighted by Gasteiger charge is 2.15. The first-order valence-corrected chi connectivity index (χ1v) is 9.94. The molecule has 0 radical (unpaired) electrons. The van der Waals surface area contributed by atoms with E-state index in [4.69, 9.17) is 10.00 Å². The lowest BCUT2D eigenvalue weighted by molar-refractivity contribution is 0.290. The molecule has 0 bridgehead atoms. The van der Waals surface area contributed by atoms with Crippen molar-refractivity contribution in [2.24, 2.45) is 7.05 Å². The Kier molecular flexibility index (Phi) is 5.52. The minimum Gasteiger partial charge on any atom is -0.473 e. The molecule has 0 aliphatic rings. The summed E-state index contributed by atoms with van der Waals surface area (Å²) < 4.78 is 8.52. The largest absolute Gasteiger partial charge is 0.473 e. The highest BCUT2D eigenvalue weighted by Crippen LogP contribution is 2.27. The van der Waals surface area contributed by atoms with Crippen LogP contribution >= 0.6 is 0 Å². The van der Waals surface area contributed by atoms with Gasteiger partial charge in [-0.15, -0.1) is 0 Å². The van der Waals surface area contributed by atoms with Gasteiger partial charge in [-0.05, 0) is 61.0 Å². The van der Waals surface area contributed by atoms with Crippen LogP contribution in [-0.4, -0.2) is 29.8 Å². The van der Waals surface area contributed by atoms with Gasteiger partial charge in [0.25, 0.3) is 0 Å².